The lowest BCUT2D eigenvalue weighted by atomic mass is 10.4. The minimum absolute atomic E-state index is 0. The molecule has 7 heavy (non-hydrogen) atoms. The van der Waals surface area contributed by atoms with Gasteiger partial charge in [-0.1, -0.05) is 13.3 Å². The van der Waals surface area contributed by atoms with E-state index in [4.69, 9.17) is 0 Å². The zero-order chi connectivity index (χ0) is 4.99. The van der Waals surface area contributed by atoms with Crippen molar-refractivity contribution < 1.29 is 0 Å². The monoisotopic (exact) mass is 132 g/mol. The van der Waals surface area contributed by atoms with E-state index in [1.165, 1.54) is 4.44 Å². The van der Waals surface area contributed by atoms with Crippen LogP contribution in [-0.4, -0.2) is 16.3 Å². The number of allylic oxidation sites excluding steroid dienone is 2. The fourth-order valence-corrected chi connectivity index (χ4v) is 0.204. The predicted octanol–water partition coefficient (Wildman–Crippen LogP) is 1.89. The quantitative estimate of drug-likeness (QED) is 0.478. The van der Waals surface area contributed by atoms with Gasteiger partial charge < -0.3 is 0 Å². The molecule has 0 aromatic rings. The number of hydrogen-bond acceptors (Lipinski definition) is 0. The van der Waals surface area contributed by atoms with Crippen molar-refractivity contribution in [2.45, 2.75) is 20.3 Å². The van der Waals surface area contributed by atoms with Crippen molar-refractivity contribution in [2.75, 3.05) is 0 Å². The molecule has 0 spiro atoms. The van der Waals surface area contributed by atoms with Gasteiger partial charge in [-0.2, -0.15) is 4.44 Å². The van der Waals surface area contributed by atoms with Gasteiger partial charge in [0.25, 0.3) is 0 Å². The third-order valence-electron chi connectivity index (χ3n) is 0.779. The molecular weight excluding hydrogens is 122 g/mol. The summed E-state index contributed by atoms with van der Waals surface area (Å²) in [5.41, 5.74) is 0. The summed E-state index contributed by atoms with van der Waals surface area (Å²) in [7, 11) is 0. The third-order valence-corrected chi connectivity index (χ3v) is 1.52. The lowest BCUT2D eigenvalue weighted by molar-refractivity contribution is 1.19. The molecular formula is C5H10AlCl. The zero-order valence-electron chi connectivity index (χ0n) is 4.77. The Kier molecular flexibility index (Phi) is 9.87. The van der Waals surface area contributed by atoms with Gasteiger partial charge in [-0.25, -0.2) is 0 Å². The van der Waals surface area contributed by atoms with Gasteiger partial charge in [-0.15, -0.1) is 18.5 Å². The Morgan fingerprint density at radius 1 is 1.71 bits per heavy atom. The fraction of sp³-hybridized carbons (Fsp3) is 0.600. The maximum Gasteiger partial charge on any atom is 0.167 e. The number of halogens is 1. The minimum atomic E-state index is 0. The fourth-order valence-electron chi connectivity index (χ4n) is 0.204. The van der Waals surface area contributed by atoms with Gasteiger partial charge in [0.05, 0.1) is 0 Å². The Bertz CT molecular complexity index is 59.1. The van der Waals surface area contributed by atoms with Crippen molar-refractivity contribution in [3.05, 3.63) is 10.5 Å². The molecule has 2 radical (unpaired) electrons. The molecule has 0 heterocycles. The smallest absolute Gasteiger partial charge is 0.163 e. The van der Waals surface area contributed by atoms with Crippen LogP contribution in [0.5, 0.6) is 0 Å². The molecule has 0 bridgehead atoms. The Hall–Kier alpha value is 0.562. The van der Waals surface area contributed by atoms with Crippen LogP contribution in [0, 0.1) is 0 Å². The van der Waals surface area contributed by atoms with Crippen LogP contribution in [0.15, 0.2) is 10.5 Å². The van der Waals surface area contributed by atoms with E-state index in [0.717, 1.165) is 6.42 Å². The molecule has 0 aliphatic rings. The van der Waals surface area contributed by atoms with Crippen LogP contribution in [0.1, 0.15) is 20.3 Å². The summed E-state index contributed by atoms with van der Waals surface area (Å²) in [6.45, 7) is 4.19. The van der Waals surface area contributed by atoms with Crippen molar-refractivity contribution in [3.8, 4) is 0 Å². The van der Waals surface area contributed by atoms with E-state index in [2.05, 4.69) is 29.3 Å². The van der Waals surface area contributed by atoms with Gasteiger partial charge >= 0.3 is 0 Å². The molecule has 0 aliphatic carbocycles. The Balaban J connectivity index is 0. The van der Waals surface area contributed by atoms with E-state index in [1.807, 2.05) is 6.92 Å². The highest BCUT2D eigenvalue weighted by molar-refractivity contribution is 6.21. The van der Waals surface area contributed by atoms with Crippen LogP contribution < -0.4 is 0 Å². The molecule has 0 N–H and O–H groups in total. The standard InChI is InChI=1S/C5H9.Al.ClH/c1-3-5-4-2;;/h3H,4H2,1-2H3;;1H. The second-order valence-corrected chi connectivity index (χ2v) is 1.96. The summed E-state index contributed by atoms with van der Waals surface area (Å²) in [6.07, 6.45) is 3.26. The summed E-state index contributed by atoms with van der Waals surface area (Å²) in [5, 5.41) is 0. The highest BCUT2D eigenvalue weighted by Gasteiger charge is 1.72. The summed E-state index contributed by atoms with van der Waals surface area (Å²) in [5.74, 6) is 0. The van der Waals surface area contributed by atoms with Crippen LogP contribution >= 0.6 is 12.4 Å². The first kappa shape index (κ1) is 10.5. The van der Waals surface area contributed by atoms with Crippen LogP contribution in [0.3, 0.4) is 0 Å². The predicted molar refractivity (Wildman–Crippen MR) is 37.1 cm³/mol. The normalized spacial score (nSPS) is 10.3. The van der Waals surface area contributed by atoms with Gasteiger partial charge in [0.2, 0.25) is 0 Å². The minimum Gasteiger partial charge on any atom is -0.163 e. The van der Waals surface area contributed by atoms with Crippen LogP contribution in [-0.2, 0) is 0 Å². The maximum atomic E-state index is 2.67. The molecule has 2 heteroatoms. The van der Waals surface area contributed by atoms with Gasteiger partial charge in [0.15, 0.2) is 16.3 Å². The first-order chi connectivity index (χ1) is 2.81. The van der Waals surface area contributed by atoms with Crippen molar-refractivity contribution in [3.63, 3.8) is 0 Å². The molecule has 0 fully saturated rings. The molecule has 0 aliphatic heterocycles. The van der Waals surface area contributed by atoms with Crippen molar-refractivity contribution in [1.29, 1.82) is 0 Å². The second-order valence-electron chi connectivity index (χ2n) is 1.22. The summed E-state index contributed by atoms with van der Waals surface area (Å²) < 4.78 is 1.38. The lowest BCUT2D eigenvalue weighted by Gasteiger charge is -1.86. The third kappa shape index (κ3) is 6.56. The number of rotatable bonds is 1. The lowest BCUT2D eigenvalue weighted by Crippen LogP contribution is -1.72. The summed E-state index contributed by atoms with van der Waals surface area (Å²) >= 11 is 2.67. The Morgan fingerprint density at radius 3 is 2.14 bits per heavy atom. The molecule has 0 aromatic carbocycles. The van der Waals surface area contributed by atoms with E-state index in [1.54, 1.807) is 0 Å². The number of hydrogen-bond donors (Lipinski definition) is 0. The second kappa shape index (κ2) is 6.56. The Labute approximate surface area is 59.8 Å². The molecule has 0 unspecified atom stereocenters. The van der Waals surface area contributed by atoms with E-state index >= 15 is 0 Å². The molecule has 0 saturated carbocycles. The maximum absolute atomic E-state index is 2.67. The SMILES string of the molecule is CC=[C]([Al])CC.Cl. The largest absolute Gasteiger partial charge is 0.167 e. The van der Waals surface area contributed by atoms with Crippen molar-refractivity contribution in [1.82, 2.24) is 0 Å². The van der Waals surface area contributed by atoms with E-state index < -0.39 is 0 Å². The zero-order valence-corrected chi connectivity index (χ0v) is 6.74. The first-order valence-electron chi connectivity index (χ1n) is 2.22. The van der Waals surface area contributed by atoms with E-state index in [0.29, 0.717) is 0 Å². The molecule has 0 amide bonds. The van der Waals surface area contributed by atoms with Crippen LogP contribution in [0.2, 0.25) is 0 Å². The van der Waals surface area contributed by atoms with Crippen LogP contribution in [0.25, 0.3) is 0 Å². The average molecular weight is 133 g/mol. The molecule has 0 nitrogen and oxygen atoms in total. The molecule has 0 saturated heterocycles. The van der Waals surface area contributed by atoms with E-state index in [-0.39, 0.29) is 12.4 Å². The highest BCUT2D eigenvalue weighted by atomic mass is 35.5. The molecule has 0 rings (SSSR count). The van der Waals surface area contributed by atoms with Crippen molar-refractivity contribution >= 4 is 28.7 Å². The van der Waals surface area contributed by atoms with Gasteiger partial charge in [-0.3, -0.25) is 0 Å². The molecule has 40 valence electrons. The first-order valence-corrected chi connectivity index (χ1v) is 2.79. The van der Waals surface area contributed by atoms with E-state index in [9.17, 15) is 0 Å². The molecule has 0 aromatic heterocycles. The van der Waals surface area contributed by atoms with Gasteiger partial charge in [0, 0.05) is 0 Å². The van der Waals surface area contributed by atoms with Gasteiger partial charge in [0.1, 0.15) is 0 Å². The summed E-state index contributed by atoms with van der Waals surface area (Å²) in [6, 6.07) is 0. The molecule has 0 atom stereocenters. The Morgan fingerprint density at radius 2 is 2.14 bits per heavy atom. The topological polar surface area (TPSA) is 0 Å². The highest BCUT2D eigenvalue weighted by Crippen LogP contribution is 1.89. The van der Waals surface area contributed by atoms with Gasteiger partial charge in [-0.05, 0) is 6.92 Å². The summed E-state index contributed by atoms with van der Waals surface area (Å²) in [4.78, 5) is 0. The van der Waals surface area contributed by atoms with Crippen LogP contribution in [0.4, 0.5) is 0 Å². The van der Waals surface area contributed by atoms with Crippen molar-refractivity contribution in [2.24, 2.45) is 0 Å². The average Bonchev–Trinajstić information content (AvgIpc) is 1.65.